The molecule has 1 heterocycles. The smallest absolute Gasteiger partial charge is 0.141 e. The molecule has 3 rings (SSSR count). The van der Waals surface area contributed by atoms with Gasteiger partial charge in [-0.25, -0.2) is 11.2 Å². The first kappa shape index (κ1) is 14.5. The van der Waals surface area contributed by atoms with Crippen molar-refractivity contribution < 1.29 is 24.6 Å². The van der Waals surface area contributed by atoms with Crippen molar-refractivity contribution in [3.05, 3.63) is 66.4 Å². The molecule has 0 bridgehead atoms. The van der Waals surface area contributed by atoms with Gasteiger partial charge in [0, 0.05) is 19.5 Å². The normalized spacial score (nSPS) is 10.1. The van der Waals surface area contributed by atoms with E-state index in [0.717, 1.165) is 16.8 Å². The zero-order valence-corrected chi connectivity index (χ0v) is 14.2. The Kier molecular flexibility index (Phi) is 4.36. The van der Waals surface area contributed by atoms with Crippen LogP contribution in [0.5, 0.6) is 5.75 Å². The molecule has 0 amide bonds. The fourth-order valence-corrected chi connectivity index (χ4v) is 1.98. The average molecular weight is 315 g/mol. The number of benzene rings is 2. The summed E-state index contributed by atoms with van der Waals surface area (Å²) >= 11 is 0. The molecule has 0 radical (unpaired) electrons. The summed E-state index contributed by atoms with van der Waals surface area (Å²) < 4.78 is 1.64. The van der Waals surface area contributed by atoms with Gasteiger partial charge in [-0.3, -0.25) is 4.68 Å². The van der Waals surface area contributed by atoms with Crippen LogP contribution in [0.25, 0.3) is 16.9 Å². The van der Waals surface area contributed by atoms with Crippen molar-refractivity contribution in [2.75, 3.05) is 0 Å². The quantitative estimate of drug-likeness (QED) is 0.582. The maximum atomic E-state index is 9.95. The van der Waals surface area contributed by atoms with Gasteiger partial charge in [0.25, 0.3) is 0 Å². The Hall–Kier alpha value is -1.93. The van der Waals surface area contributed by atoms with Crippen LogP contribution in [0, 0.1) is 13.0 Å². The van der Waals surface area contributed by atoms with Gasteiger partial charge in [-0.2, -0.15) is 0 Å². The topological polar surface area (TPSA) is 38.0 Å². The molecule has 0 unspecified atom stereocenters. The zero-order valence-electron chi connectivity index (χ0n) is 11.2. The molecule has 0 saturated heterocycles. The van der Waals surface area contributed by atoms with E-state index in [0.29, 0.717) is 5.69 Å². The summed E-state index contributed by atoms with van der Waals surface area (Å²) in [4.78, 5) is 0. The molecule has 0 atom stereocenters. The van der Waals surface area contributed by atoms with Crippen molar-refractivity contribution in [2.24, 2.45) is 0 Å². The number of phenols is 1. The molecule has 0 spiro atoms. The number of phenolic OH excluding ortho intramolecular Hbond substituents is 1. The first-order chi connectivity index (χ1) is 9.24. The molecule has 2 aromatic carbocycles. The average Bonchev–Trinajstić information content (AvgIpc) is 2.89. The molecule has 0 aliphatic heterocycles. The number of aryl methyl sites for hydroxylation is 1. The SMILES string of the molecule is Cc1ccc(-n2c[c-]c(-c3ccccc3)n2)c(O)c1.[Zn]. The van der Waals surface area contributed by atoms with Crippen LogP contribution in [-0.2, 0) is 19.5 Å². The molecule has 3 nitrogen and oxygen atoms in total. The van der Waals surface area contributed by atoms with Gasteiger partial charge in [0.05, 0.1) is 0 Å². The molecule has 20 heavy (non-hydrogen) atoms. The predicted molar refractivity (Wildman–Crippen MR) is 74.2 cm³/mol. The molecule has 1 aromatic heterocycles. The second-order valence-electron chi connectivity index (χ2n) is 4.42. The molecule has 4 heteroatoms. The van der Waals surface area contributed by atoms with E-state index in [1.807, 2.05) is 49.4 Å². The maximum absolute atomic E-state index is 9.95. The fourth-order valence-electron chi connectivity index (χ4n) is 1.98. The van der Waals surface area contributed by atoms with Gasteiger partial charge in [-0.15, -0.1) is 17.7 Å². The summed E-state index contributed by atoms with van der Waals surface area (Å²) in [6, 6.07) is 18.5. The summed E-state index contributed by atoms with van der Waals surface area (Å²) in [5.74, 6) is 0.219. The number of hydrogen-bond acceptors (Lipinski definition) is 2. The van der Waals surface area contributed by atoms with Crippen LogP contribution in [0.2, 0.25) is 0 Å². The number of nitrogens with zero attached hydrogens (tertiary/aromatic N) is 2. The predicted octanol–water partition coefficient (Wildman–Crippen LogP) is 3.35. The molecule has 0 aliphatic carbocycles. The van der Waals surface area contributed by atoms with Gasteiger partial charge < -0.3 is 5.11 Å². The summed E-state index contributed by atoms with van der Waals surface area (Å²) in [6.07, 6.45) is 1.73. The Morgan fingerprint density at radius 3 is 2.55 bits per heavy atom. The van der Waals surface area contributed by atoms with Gasteiger partial charge in [0.2, 0.25) is 0 Å². The van der Waals surface area contributed by atoms with E-state index in [4.69, 9.17) is 0 Å². The summed E-state index contributed by atoms with van der Waals surface area (Å²) in [5, 5.41) is 14.4. The monoisotopic (exact) mass is 313 g/mol. The Labute approximate surface area is 130 Å². The second kappa shape index (κ2) is 6.02. The summed E-state index contributed by atoms with van der Waals surface area (Å²) in [5.41, 5.74) is 3.44. The third kappa shape index (κ3) is 2.81. The van der Waals surface area contributed by atoms with Crippen molar-refractivity contribution in [3.63, 3.8) is 0 Å². The van der Waals surface area contributed by atoms with Crippen LogP contribution < -0.4 is 0 Å². The zero-order chi connectivity index (χ0) is 13.2. The van der Waals surface area contributed by atoms with Crippen LogP contribution in [0.3, 0.4) is 0 Å². The summed E-state index contributed by atoms with van der Waals surface area (Å²) in [7, 11) is 0. The van der Waals surface area contributed by atoms with Gasteiger partial charge in [-0.05, 0) is 24.6 Å². The molecule has 0 fully saturated rings. The van der Waals surface area contributed by atoms with Gasteiger partial charge in [-0.1, -0.05) is 36.2 Å². The third-order valence-corrected chi connectivity index (χ3v) is 2.96. The molecular weight excluding hydrogens is 302 g/mol. The van der Waals surface area contributed by atoms with Crippen LogP contribution in [0.1, 0.15) is 5.56 Å². The van der Waals surface area contributed by atoms with E-state index in [1.54, 1.807) is 16.9 Å². The molecule has 3 aromatic rings. The van der Waals surface area contributed by atoms with Gasteiger partial charge >= 0.3 is 0 Å². The number of rotatable bonds is 2. The van der Waals surface area contributed by atoms with Gasteiger partial charge in [0.15, 0.2) is 0 Å². The van der Waals surface area contributed by atoms with E-state index in [2.05, 4.69) is 11.2 Å². The van der Waals surface area contributed by atoms with E-state index in [-0.39, 0.29) is 25.2 Å². The molecule has 96 valence electrons. The van der Waals surface area contributed by atoms with Crippen molar-refractivity contribution in [2.45, 2.75) is 6.92 Å². The fraction of sp³-hybridized carbons (Fsp3) is 0.0625. The molecule has 1 N–H and O–H groups in total. The second-order valence-corrected chi connectivity index (χ2v) is 4.42. The Morgan fingerprint density at radius 1 is 1.10 bits per heavy atom. The van der Waals surface area contributed by atoms with Crippen LogP contribution in [0.15, 0.2) is 54.7 Å². The number of aromatic nitrogens is 2. The van der Waals surface area contributed by atoms with Crippen molar-refractivity contribution in [3.8, 4) is 22.7 Å². The van der Waals surface area contributed by atoms with E-state index in [1.165, 1.54) is 0 Å². The Bertz CT molecular complexity index is 708. The third-order valence-electron chi connectivity index (χ3n) is 2.96. The van der Waals surface area contributed by atoms with E-state index < -0.39 is 0 Å². The largest absolute Gasteiger partial charge is 0.506 e. The molecule has 0 saturated carbocycles. The van der Waals surface area contributed by atoms with Crippen molar-refractivity contribution in [1.29, 1.82) is 0 Å². The van der Waals surface area contributed by atoms with E-state index in [9.17, 15) is 5.11 Å². The Balaban J connectivity index is 0.00000147. The van der Waals surface area contributed by atoms with Crippen molar-refractivity contribution in [1.82, 2.24) is 9.78 Å². The first-order valence-electron chi connectivity index (χ1n) is 6.07. The van der Waals surface area contributed by atoms with Crippen molar-refractivity contribution >= 4 is 0 Å². The van der Waals surface area contributed by atoms with Crippen LogP contribution in [-0.4, -0.2) is 14.9 Å². The minimum atomic E-state index is 0. The summed E-state index contributed by atoms with van der Waals surface area (Å²) in [6.45, 7) is 1.94. The van der Waals surface area contributed by atoms with Gasteiger partial charge in [0.1, 0.15) is 11.4 Å². The standard InChI is InChI=1S/C16H13N2O.Zn/c1-12-7-8-15(16(19)11-12)18-10-9-14(17-18)13-5-3-2-4-6-13;/h2-8,10-11,19H,1H3;/q-1;. The minimum absolute atomic E-state index is 0. The minimum Gasteiger partial charge on any atom is -0.506 e. The number of hydrogen-bond donors (Lipinski definition) is 1. The molecular formula is C16H13N2OZn-. The molecule has 0 aliphatic rings. The maximum Gasteiger partial charge on any atom is 0.141 e. The van der Waals surface area contributed by atoms with E-state index >= 15 is 0 Å². The number of aromatic hydroxyl groups is 1. The van der Waals surface area contributed by atoms with Crippen LogP contribution in [0.4, 0.5) is 0 Å². The Morgan fingerprint density at radius 2 is 1.85 bits per heavy atom. The van der Waals surface area contributed by atoms with Crippen LogP contribution >= 0.6 is 0 Å². The first-order valence-corrected chi connectivity index (χ1v) is 6.07.